The number of nitrogens with one attached hydrogen (secondary N) is 1. The summed E-state index contributed by atoms with van der Waals surface area (Å²) in [4.78, 5) is 23.7. The summed E-state index contributed by atoms with van der Waals surface area (Å²) in [7, 11) is -4.34. The van der Waals surface area contributed by atoms with Crippen LogP contribution in [0.3, 0.4) is 0 Å². The van der Waals surface area contributed by atoms with Crippen molar-refractivity contribution in [2.75, 3.05) is 19.8 Å². The van der Waals surface area contributed by atoms with Gasteiger partial charge in [-0.15, -0.1) is 0 Å². The van der Waals surface area contributed by atoms with E-state index in [0.29, 0.717) is 16.5 Å². The maximum absolute atomic E-state index is 13.6. The summed E-state index contributed by atoms with van der Waals surface area (Å²) in [5.74, 6) is -1.31. The molecule has 2 aromatic carbocycles. The Morgan fingerprint density at radius 3 is 2.12 bits per heavy atom. The maximum Gasteiger partial charge on any atom is 0.304 e. The minimum absolute atomic E-state index is 0.0456. The number of benzene rings is 2. The predicted octanol–water partition coefficient (Wildman–Crippen LogP) is 2.65. The van der Waals surface area contributed by atoms with Crippen molar-refractivity contribution >= 4 is 33.5 Å². The summed E-state index contributed by atoms with van der Waals surface area (Å²) in [5.41, 5.74) is -0.165. The number of carboxylic acids is 1. The number of hydroxylamine groups is 1. The van der Waals surface area contributed by atoms with E-state index in [9.17, 15) is 23.2 Å². The Labute approximate surface area is 195 Å². The van der Waals surface area contributed by atoms with E-state index in [0.717, 1.165) is 4.31 Å². The second kappa shape index (κ2) is 10.5. The molecule has 3 rings (SSSR count). The molecule has 0 aliphatic carbocycles. The molecule has 2 aromatic rings. The van der Waals surface area contributed by atoms with Crippen LogP contribution in [-0.4, -0.2) is 60.2 Å². The first kappa shape index (κ1) is 24.9. The molecule has 0 atom stereocenters. The van der Waals surface area contributed by atoms with E-state index in [1.165, 1.54) is 29.7 Å². The zero-order valence-corrected chi connectivity index (χ0v) is 19.0. The molecule has 1 heterocycles. The first-order chi connectivity index (χ1) is 15.7. The molecule has 178 valence electrons. The Morgan fingerprint density at radius 2 is 1.61 bits per heavy atom. The predicted molar refractivity (Wildman–Crippen MR) is 117 cm³/mol. The van der Waals surface area contributed by atoms with Crippen LogP contribution in [0.5, 0.6) is 11.5 Å². The van der Waals surface area contributed by atoms with Gasteiger partial charge in [-0.3, -0.25) is 14.8 Å². The lowest BCUT2D eigenvalue weighted by atomic mass is 9.89. The van der Waals surface area contributed by atoms with Crippen molar-refractivity contribution in [3.8, 4) is 11.5 Å². The lowest BCUT2D eigenvalue weighted by Gasteiger charge is -2.43. The number of hydrogen-bond donors (Lipinski definition) is 3. The van der Waals surface area contributed by atoms with Crippen molar-refractivity contribution < 1.29 is 37.8 Å². The fraction of sp³-hybridized carbons (Fsp3) is 0.333. The van der Waals surface area contributed by atoms with E-state index >= 15 is 0 Å². The van der Waals surface area contributed by atoms with Gasteiger partial charge in [-0.25, -0.2) is 13.9 Å². The highest BCUT2D eigenvalue weighted by molar-refractivity contribution is 7.89. The van der Waals surface area contributed by atoms with Gasteiger partial charge in [0.15, 0.2) is 0 Å². The number of aliphatic carboxylic acids is 1. The minimum atomic E-state index is -4.34. The molecular weight excluding hydrogens is 476 g/mol. The van der Waals surface area contributed by atoms with Crippen LogP contribution in [0, 0.1) is 0 Å². The Morgan fingerprint density at radius 1 is 1.06 bits per heavy atom. The molecule has 0 spiro atoms. The molecule has 1 amide bonds. The third kappa shape index (κ3) is 5.63. The number of rotatable bonds is 9. The molecule has 3 N–H and O–H groups in total. The van der Waals surface area contributed by atoms with Gasteiger partial charge in [0.1, 0.15) is 17.0 Å². The van der Waals surface area contributed by atoms with Gasteiger partial charge in [0.2, 0.25) is 10.0 Å². The van der Waals surface area contributed by atoms with E-state index in [1.54, 1.807) is 24.3 Å². The quantitative estimate of drug-likeness (QED) is 0.353. The fourth-order valence-electron chi connectivity index (χ4n) is 3.61. The Bertz CT molecular complexity index is 1080. The van der Waals surface area contributed by atoms with Crippen molar-refractivity contribution in [3.63, 3.8) is 0 Å². The second-order valence-electron chi connectivity index (χ2n) is 7.33. The summed E-state index contributed by atoms with van der Waals surface area (Å²) in [6.07, 6.45) is -0.621. The zero-order chi connectivity index (χ0) is 24.1. The van der Waals surface area contributed by atoms with Crippen LogP contribution in [-0.2, 0) is 24.3 Å². The number of hydrogen-bond acceptors (Lipinski definition) is 7. The van der Waals surface area contributed by atoms with Crippen LogP contribution in [0.4, 0.5) is 0 Å². The average Bonchev–Trinajstić information content (AvgIpc) is 2.80. The summed E-state index contributed by atoms with van der Waals surface area (Å²) < 4.78 is 38.9. The molecule has 1 aliphatic heterocycles. The molecule has 1 aliphatic rings. The molecule has 0 bridgehead atoms. The SMILES string of the molecule is O=C(O)CCN(C1(C(=O)NO)CCOCC1)S(=O)(=O)c1ccc(Oc2ccc(Cl)cc2)cc1. The topological polar surface area (TPSA) is 142 Å². The molecule has 0 unspecified atom stereocenters. The first-order valence-electron chi connectivity index (χ1n) is 9.99. The number of carboxylic acid groups (broad SMARTS) is 1. The van der Waals surface area contributed by atoms with Crippen LogP contribution in [0.1, 0.15) is 19.3 Å². The van der Waals surface area contributed by atoms with E-state index in [-0.39, 0.29) is 31.0 Å². The van der Waals surface area contributed by atoms with Crippen LogP contribution < -0.4 is 10.2 Å². The fourth-order valence-corrected chi connectivity index (χ4v) is 5.53. The van der Waals surface area contributed by atoms with Crippen molar-refractivity contribution in [1.29, 1.82) is 0 Å². The lowest BCUT2D eigenvalue weighted by molar-refractivity contribution is -0.146. The number of carbonyl (C=O) groups is 2. The largest absolute Gasteiger partial charge is 0.481 e. The van der Waals surface area contributed by atoms with Crippen molar-refractivity contribution in [2.24, 2.45) is 0 Å². The summed E-state index contributed by atoms with van der Waals surface area (Å²) in [6, 6.07) is 12.1. The zero-order valence-electron chi connectivity index (χ0n) is 17.4. The maximum atomic E-state index is 13.6. The number of halogens is 1. The van der Waals surface area contributed by atoms with Crippen LogP contribution in [0.25, 0.3) is 0 Å². The smallest absolute Gasteiger partial charge is 0.304 e. The molecule has 10 nitrogen and oxygen atoms in total. The number of sulfonamides is 1. The van der Waals surface area contributed by atoms with Gasteiger partial charge in [-0.1, -0.05) is 11.6 Å². The Hall–Kier alpha value is -2.70. The highest BCUT2D eigenvalue weighted by Crippen LogP contribution is 2.34. The summed E-state index contributed by atoms with van der Waals surface area (Å²) in [6.45, 7) is -0.325. The van der Waals surface area contributed by atoms with E-state index < -0.39 is 40.4 Å². The van der Waals surface area contributed by atoms with Crippen LogP contribution in [0.2, 0.25) is 5.02 Å². The highest BCUT2D eigenvalue weighted by atomic mass is 35.5. The number of amides is 1. The van der Waals surface area contributed by atoms with Gasteiger partial charge in [-0.05, 0) is 61.4 Å². The van der Waals surface area contributed by atoms with Crippen LogP contribution in [0.15, 0.2) is 53.4 Å². The average molecular weight is 499 g/mol. The molecular formula is C21H23ClN2O8S. The normalized spacial score (nSPS) is 15.7. The summed E-state index contributed by atoms with van der Waals surface area (Å²) >= 11 is 5.85. The van der Waals surface area contributed by atoms with E-state index in [1.807, 2.05) is 0 Å². The molecule has 1 fully saturated rings. The molecule has 12 heteroatoms. The van der Waals surface area contributed by atoms with Gasteiger partial charge < -0.3 is 14.6 Å². The monoisotopic (exact) mass is 498 g/mol. The van der Waals surface area contributed by atoms with E-state index in [4.69, 9.17) is 26.2 Å². The van der Waals surface area contributed by atoms with Crippen molar-refractivity contribution in [3.05, 3.63) is 53.6 Å². The third-order valence-electron chi connectivity index (χ3n) is 5.31. The lowest BCUT2D eigenvalue weighted by Crippen LogP contribution is -2.62. The summed E-state index contributed by atoms with van der Waals surface area (Å²) in [5, 5.41) is 19.0. The minimum Gasteiger partial charge on any atom is -0.481 e. The van der Waals surface area contributed by atoms with Gasteiger partial charge in [-0.2, -0.15) is 4.31 Å². The van der Waals surface area contributed by atoms with Gasteiger partial charge >= 0.3 is 5.97 Å². The molecule has 33 heavy (non-hydrogen) atoms. The van der Waals surface area contributed by atoms with Crippen molar-refractivity contribution in [1.82, 2.24) is 9.79 Å². The number of ether oxygens (including phenoxy) is 2. The van der Waals surface area contributed by atoms with Crippen molar-refractivity contribution in [2.45, 2.75) is 29.7 Å². The molecule has 1 saturated heterocycles. The highest BCUT2D eigenvalue weighted by Gasteiger charge is 2.50. The molecule has 0 saturated carbocycles. The van der Waals surface area contributed by atoms with Gasteiger partial charge in [0.05, 0.1) is 11.3 Å². The van der Waals surface area contributed by atoms with Crippen LogP contribution >= 0.6 is 11.6 Å². The third-order valence-corrected chi connectivity index (χ3v) is 7.54. The Balaban J connectivity index is 1.94. The number of nitrogens with zero attached hydrogens (tertiary/aromatic N) is 1. The van der Waals surface area contributed by atoms with Gasteiger partial charge in [0, 0.05) is 24.8 Å². The van der Waals surface area contributed by atoms with E-state index in [2.05, 4.69) is 0 Å². The Kier molecular flexibility index (Phi) is 7.92. The standard InChI is InChI=1S/C21H23ClN2O8S/c22-15-1-3-16(4-2-15)32-17-5-7-18(8-6-17)33(29,30)24(12-9-19(25)26)21(20(27)23-28)10-13-31-14-11-21/h1-8,28H,9-14H2,(H,23,27)(H,25,26). The second-order valence-corrected chi connectivity index (χ2v) is 9.63. The first-order valence-corrected chi connectivity index (χ1v) is 11.8. The van der Waals surface area contributed by atoms with Gasteiger partial charge in [0.25, 0.3) is 5.91 Å². The molecule has 0 radical (unpaired) electrons. The molecule has 0 aromatic heterocycles. The number of carbonyl (C=O) groups excluding carboxylic acids is 1.